The van der Waals surface area contributed by atoms with E-state index in [0.717, 1.165) is 22.4 Å². The Morgan fingerprint density at radius 3 is 2.46 bits per heavy atom. The Hall–Kier alpha value is -3.61. The van der Waals surface area contributed by atoms with Gasteiger partial charge < -0.3 is 21.1 Å². The number of nitrogens with one attached hydrogen (secondary N) is 2. The number of nitrogens with two attached hydrogens (primary N) is 1. The molecule has 0 fully saturated rings. The summed E-state index contributed by atoms with van der Waals surface area (Å²) >= 11 is 0. The number of amides is 3. The van der Waals surface area contributed by atoms with Crippen LogP contribution in [0.1, 0.15) is 16.7 Å². The fraction of sp³-hybridized carbons (Fsp3) is 0.190. The quantitative estimate of drug-likeness (QED) is 0.607. The van der Waals surface area contributed by atoms with Crippen LogP contribution in [0.2, 0.25) is 0 Å². The van der Waals surface area contributed by atoms with Crippen molar-refractivity contribution in [1.29, 1.82) is 0 Å². The van der Waals surface area contributed by atoms with Crippen molar-refractivity contribution in [3.63, 3.8) is 0 Å². The number of rotatable bonds is 8. The SMILES string of the molecule is Cc1cccc(NC(=O)CNC(=O)/C=C/c2ccc(OCC(N)=O)cc2)c1C. The van der Waals surface area contributed by atoms with Crippen LogP contribution in [0.5, 0.6) is 5.75 Å². The van der Waals surface area contributed by atoms with E-state index in [0.29, 0.717) is 5.75 Å². The number of hydrogen-bond acceptors (Lipinski definition) is 4. The maximum absolute atomic E-state index is 12.0. The van der Waals surface area contributed by atoms with Crippen LogP contribution in [-0.2, 0) is 14.4 Å². The van der Waals surface area contributed by atoms with Crippen molar-refractivity contribution in [2.45, 2.75) is 13.8 Å². The standard InChI is InChI=1S/C21H23N3O4/c1-14-4-3-5-18(15(14)2)24-21(27)12-23-20(26)11-8-16-6-9-17(10-7-16)28-13-19(22)25/h3-11H,12-13H2,1-2H3,(H2,22,25)(H,23,26)(H,24,27)/b11-8+. The maximum Gasteiger partial charge on any atom is 0.255 e. The lowest BCUT2D eigenvalue weighted by molar-refractivity contribution is -0.121. The van der Waals surface area contributed by atoms with Gasteiger partial charge in [0.2, 0.25) is 11.8 Å². The first kappa shape index (κ1) is 20.7. The minimum atomic E-state index is -0.553. The molecule has 0 saturated carbocycles. The van der Waals surface area contributed by atoms with Crippen molar-refractivity contribution in [3.05, 3.63) is 65.2 Å². The second-order valence-electron chi connectivity index (χ2n) is 6.17. The van der Waals surface area contributed by atoms with E-state index >= 15 is 0 Å². The van der Waals surface area contributed by atoms with Crippen LogP contribution in [0, 0.1) is 13.8 Å². The summed E-state index contributed by atoms with van der Waals surface area (Å²) in [5, 5.41) is 5.32. The van der Waals surface area contributed by atoms with E-state index in [4.69, 9.17) is 10.5 Å². The van der Waals surface area contributed by atoms with Gasteiger partial charge in [0.25, 0.3) is 5.91 Å². The number of benzene rings is 2. The van der Waals surface area contributed by atoms with E-state index in [1.807, 2.05) is 32.0 Å². The molecule has 2 rings (SSSR count). The van der Waals surface area contributed by atoms with Gasteiger partial charge in [-0.2, -0.15) is 0 Å². The Kier molecular flexibility index (Phi) is 7.33. The number of carbonyl (C=O) groups is 3. The van der Waals surface area contributed by atoms with Gasteiger partial charge in [0, 0.05) is 11.8 Å². The van der Waals surface area contributed by atoms with Crippen molar-refractivity contribution in [2.24, 2.45) is 5.73 Å². The largest absolute Gasteiger partial charge is 0.484 e. The molecule has 0 aliphatic heterocycles. The minimum Gasteiger partial charge on any atom is -0.484 e. The molecule has 0 unspecified atom stereocenters. The Bertz CT molecular complexity index is 889. The molecule has 0 saturated heterocycles. The fourth-order valence-electron chi connectivity index (χ4n) is 2.31. The molecule has 0 bridgehead atoms. The smallest absolute Gasteiger partial charge is 0.255 e. The highest BCUT2D eigenvalue weighted by Gasteiger charge is 2.07. The topological polar surface area (TPSA) is 111 Å². The van der Waals surface area contributed by atoms with Crippen LogP contribution in [-0.4, -0.2) is 30.9 Å². The predicted molar refractivity (Wildman–Crippen MR) is 108 cm³/mol. The molecule has 0 aliphatic rings. The van der Waals surface area contributed by atoms with Gasteiger partial charge in [0.05, 0.1) is 6.54 Å². The summed E-state index contributed by atoms with van der Waals surface area (Å²) in [4.78, 5) is 34.6. The highest BCUT2D eigenvalue weighted by molar-refractivity contribution is 5.98. The van der Waals surface area contributed by atoms with Crippen LogP contribution in [0.3, 0.4) is 0 Å². The summed E-state index contributed by atoms with van der Waals surface area (Å²) in [7, 11) is 0. The molecular formula is C21H23N3O4. The van der Waals surface area contributed by atoms with Crippen molar-refractivity contribution < 1.29 is 19.1 Å². The molecule has 0 atom stereocenters. The molecule has 7 heteroatoms. The second-order valence-corrected chi connectivity index (χ2v) is 6.17. The number of carbonyl (C=O) groups excluding carboxylic acids is 3. The normalized spacial score (nSPS) is 10.5. The molecule has 146 valence electrons. The van der Waals surface area contributed by atoms with Crippen molar-refractivity contribution >= 4 is 29.5 Å². The monoisotopic (exact) mass is 381 g/mol. The van der Waals surface area contributed by atoms with Gasteiger partial charge in [-0.1, -0.05) is 24.3 Å². The average Bonchev–Trinajstić information content (AvgIpc) is 2.67. The van der Waals surface area contributed by atoms with E-state index in [1.165, 1.54) is 6.08 Å². The number of aryl methyl sites for hydroxylation is 1. The molecule has 28 heavy (non-hydrogen) atoms. The number of ether oxygens (including phenoxy) is 1. The summed E-state index contributed by atoms with van der Waals surface area (Å²) in [6.07, 6.45) is 2.94. The summed E-state index contributed by atoms with van der Waals surface area (Å²) in [5.41, 5.74) is 8.58. The summed E-state index contributed by atoms with van der Waals surface area (Å²) in [6, 6.07) is 12.4. The third kappa shape index (κ3) is 6.60. The molecule has 0 aromatic heterocycles. The first-order valence-corrected chi connectivity index (χ1v) is 8.68. The Labute approximate surface area is 163 Å². The van der Waals surface area contributed by atoms with Crippen molar-refractivity contribution in [1.82, 2.24) is 5.32 Å². The molecule has 2 aromatic carbocycles. The van der Waals surface area contributed by atoms with Crippen LogP contribution in [0.4, 0.5) is 5.69 Å². The number of hydrogen-bond donors (Lipinski definition) is 3. The van der Waals surface area contributed by atoms with E-state index in [1.54, 1.807) is 30.3 Å². The second kappa shape index (κ2) is 9.91. The van der Waals surface area contributed by atoms with Gasteiger partial charge in [-0.15, -0.1) is 0 Å². The Morgan fingerprint density at radius 1 is 1.07 bits per heavy atom. The third-order valence-electron chi connectivity index (χ3n) is 3.99. The highest BCUT2D eigenvalue weighted by atomic mass is 16.5. The van der Waals surface area contributed by atoms with Crippen LogP contribution < -0.4 is 21.1 Å². The molecule has 0 radical (unpaired) electrons. The van der Waals surface area contributed by atoms with Gasteiger partial charge in [-0.25, -0.2) is 0 Å². The van der Waals surface area contributed by atoms with E-state index in [-0.39, 0.29) is 25.0 Å². The summed E-state index contributed by atoms with van der Waals surface area (Å²) in [6.45, 7) is 3.57. The zero-order chi connectivity index (χ0) is 20.5. The summed E-state index contributed by atoms with van der Waals surface area (Å²) in [5.74, 6) is -0.734. The average molecular weight is 381 g/mol. The zero-order valence-corrected chi connectivity index (χ0v) is 15.8. The third-order valence-corrected chi connectivity index (χ3v) is 3.99. The first-order chi connectivity index (χ1) is 13.3. The van der Waals surface area contributed by atoms with Gasteiger partial charge in [-0.3, -0.25) is 14.4 Å². The number of anilines is 1. The molecule has 3 amide bonds. The van der Waals surface area contributed by atoms with E-state index < -0.39 is 5.91 Å². The van der Waals surface area contributed by atoms with E-state index in [2.05, 4.69) is 10.6 Å². The lowest BCUT2D eigenvalue weighted by Gasteiger charge is -2.10. The fourth-order valence-corrected chi connectivity index (χ4v) is 2.31. The predicted octanol–water partition coefficient (Wildman–Crippen LogP) is 1.94. The van der Waals surface area contributed by atoms with Crippen LogP contribution >= 0.6 is 0 Å². The molecule has 7 nitrogen and oxygen atoms in total. The molecule has 0 aliphatic carbocycles. The van der Waals surface area contributed by atoms with Gasteiger partial charge in [0.15, 0.2) is 6.61 Å². The lowest BCUT2D eigenvalue weighted by Crippen LogP contribution is -2.31. The highest BCUT2D eigenvalue weighted by Crippen LogP contribution is 2.17. The Morgan fingerprint density at radius 2 is 1.79 bits per heavy atom. The number of primary amides is 1. The van der Waals surface area contributed by atoms with Crippen molar-refractivity contribution in [3.8, 4) is 5.75 Å². The van der Waals surface area contributed by atoms with E-state index in [9.17, 15) is 14.4 Å². The van der Waals surface area contributed by atoms with Crippen molar-refractivity contribution in [2.75, 3.05) is 18.5 Å². The van der Waals surface area contributed by atoms with Gasteiger partial charge >= 0.3 is 0 Å². The Balaban J connectivity index is 1.80. The van der Waals surface area contributed by atoms with Gasteiger partial charge in [-0.05, 0) is 54.8 Å². The molecule has 0 heterocycles. The van der Waals surface area contributed by atoms with Crippen LogP contribution in [0.25, 0.3) is 6.08 Å². The maximum atomic E-state index is 12.0. The zero-order valence-electron chi connectivity index (χ0n) is 15.8. The summed E-state index contributed by atoms with van der Waals surface area (Å²) < 4.78 is 5.16. The van der Waals surface area contributed by atoms with Gasteiger partial charge in [0.1, 0.15) is 5.75 Å². The lowest BCUT2D eigenvalue weighted by atomic mass is 10.1. The molecule has 2 aromatic rings. The van der Waals surface area contributed by atoms with Crippen LogP contribution in [0.15, 0.2) is 48.5 Å². The molecule has 0 spiro atoms. The molecule has 4 N–H and O–H groups in total. The molecular weight excluding hydrogens is 358 g/mol. The first-order valence-electron chi connectivity index (χ1n) is 8.68. The minimum absolute atomic E-state index is 0.129.